The van der Waals surface area contributed by atoms with Gasteiger partial charge in [-0.05, 0) is 19.4 Å². The van der Waals surface area contributed by atoms with Crippen LogP contribution in [0.3, 0.4) is 0 Å². The highest BCUT2D eigenvalue weighted by molar-refractivity contribution is 5.75. The molecule has 1 atom stereocenters. The van der Waals surface area contributed by atoms with Crippen molar-refractivity contribution in [1.82, 2.24) is 15.3 Å². The molecule has 0 aliphatic carbocycles. The fourth-order valence-electron chi connectivity index (χ4n) is 1.49. The molecule has 17 heavy (non-hydrogen) atoms. The largest absolute Gasteiger partial charge is 0.465 e. The number of hydrogen-bond acceptors (Lipinski definition) is 5. The van der Waals surface area contributed by atoms with Crippen LogP contribution in [0.5, 0.6) is 0 Å². The molecule has 0 spiro atoms. The summed E-state index contributed by atoms with van der Waals surface area (Å²) in [6, 6.07) is 1.57. The van der Waals surface area contributed by atoms with Crippen molar-refractivity contribution in [2.24, 2.45) is 0 Å². The Balaban J connectivity index is 2.47. The topological polar surface area (TPSA) is 64.1 Å². The molecule has 0 radical (unpaired) electrons. The predicted molar refractivity (Wildman–Crippen MR) is 64.2 cm³/mol. The zero-order valence-electron chi connectivity index (χ0n) is 10.3. The van der Waals surface area contributed by atoms with Crippen molar-refractivity contribution < 1.29 is 9.53 Å². The van der Waals surface area contributed by atoms with Gasteiger partial charge in [-0.1, -0.05) is 13.3 Å². The summed E-state index contributed by atoms with van der Waals surface area (Å²) in [5.74, 6) is -0.191. The number of carbonyl (C=O) groups is 1. The molecular formula is C12H19N3O2. The molecule has 94 valence electrons. The molecule has 1 aromatic rings. The van der Waals surface area contributed by atoms with Gasteiger partial charge in [0.15, 0.2) is 0 Å². The van der Waals surface area contributed by atoms with Crippen molar-refractivity contribution in [3.05, 3.63) is 24.3 Å². The molecule has 5 nitrogen and oxygen atoms in total. The van der Waals surface area contributed by atoms with Gasteiger partial charge in [0.2, 0.25) is 0 Å². The summed E-state index contributed by atoms with van der Waals surface area (Å²) in [6.45, 7) is 4.81. The molecule has 0 aliphatic heterocycles. The van der Waals surface area contributed by atoms with E-state index >= 15 is 0 Å². The minimum atomic E-state index is -0.255. The van der Waals surface area contributed by atoms with Crippen molar-refractivity contribution in [3.8, 4) is 0 Å². The minimum absolute atomic E-state index is 0.191. The van der Waals surface area contributed by atoms with Crippen LogP contribution < -0.4 is 5.32 Å². The summed E-state index contributed by atoms with van der Waals surface area (Å²) in [4.78, 5) is 19.6. The van der Waals surface area contributed by atoms with Crippen LogP contribution in [-0.2, 0) is 16.1 Å². The van der Waals surface area contributed by atoms with Crippen LogP contribution in [0.25, 0.3) is 0 Å². The third kappa shape index (κ3) is 4.91. The first-order chi connectivity index (χ1) is 8.27. The van der Waals surface area contributed by atoms with Crippen molar-refractivity contribution in [3.63, 3.8) is 0 Å². The Morgan fingerprint density at radius 3 is 2.94 bits per heavy atom. The summed E-state index contributed by atoms with van der Waals surface area (Å²) in [7, 11) is 0. The molecule has 1 heterocycles. The molecule has 1 N–H and O–H groups in total. The van der Waals surface area contributed by atoms with Gasteiger partial charge in [0.05, 0.1) is 12.3 Å². The highest BCUT2D eigenvalue weighted by Gasteiger charge is 2.17. The molecule has 0 aromatic carbocycles. The Bertz CT molecular complexity index is 330. The van der Waals surface area contributed by atoms with Gasteiger partial charge >= 0.3 is 5.97 Å². The zero-order chi connectivity index (χ0) is 12.5. The Labute approximate surface area is 102 Å². The van der Waals surface area contributed by atoms with E-state index in [4.69, 9.17) is 4.74 Å². The summed E-state index contributed by atoms with van der Waals surface area (Å²) in [6.07, 6.45) is 4.88. The maximum atomic E-state index is 11.6. The normalized spacial score (nSPS) is 12.1. The van der Waals surface area contributed by atoms with E-state index in [0.717, 1.165) is 18.5 Å². The minimum Gasteiger partial charge on any atom is -0.465 e. The van der Waals surface area contributed by atoms with E-state index in [0.29, 0.717) is 13.2 Å². The summed E-state index contributed by atoms with van der Waals surface area (Å²) < 4.78 is 5.01. The lowest BCUT2D eigenvalue weighted by atomic mass is 10.1. The van der Waals surface area contributed by atoms with Gasteiger partial charge in [0.1, 0.15) is 12.4 Å². The molecule has 1 rings (SSSR count). The quantitative estimate of drug-likeness (QED) is 0.724. The fraction of sp³-hybridized carbons (Fsp3) is 0.583. The molecule has 1 aromatic heterocycles. The molecule has 0 amide bonds. The number of carbonyl (C=O) groups excluding carboxylic acids is 1. The van der Waals surface area contributed by atoms with Gasteiger partial charge in [-0.3, -0.25) is 10.1 Å². The van der Waals surface area contributed by atoms with Crippen molar-refractivity contribution in [1.29, 1.82) is 0 Å². The third-order valence-corrected chi connectivity index (χ3v) is 2.32. The number of ether oxygens (including phenoxy) is 1. The van der Waals surface area contributed by atoms with Crippen LogP contribution in [0.2, 0.25) is 0 Å². The summed E-state index contributed by atoms with van der Waals surface area (Å²) in [5.41, 5.74) is 0.866. The van der Waals surface area contributed by atoms with E-state index in [1.54, 1.807) is 6.20 Å². The van der Waals surface area contributed by atoms with Gasteiger partial charge in [-0.25, -0.2) is 9.97 Å². The first-order valence-electron chi connectivity index (χ1n) is 5.92. The van der Waals surface area contributed by atoms with Crippen LogP contribution in [0.4, 0.5) is 0 Å². The number of nitrogens with one attached hydrogen (secondary N) is 1. The maximum absolute atomic E-state index is 11.6. The van der Waals surface area contributed by atoms with Crippen LogP contribution in [0, 0.1) is 0 Å². The Hall–Kier alpha value is -1.49. The van der Waals surface area contributed by atoms with E-state index < -0.39 is 0 Å². The average Bonchev–Trinajstić information content (AvgIpc) is 2.36. The number of aromatic nitrogens is 2. The first-order valence-corrected chi connectivity index (χ1v) is 5.92. The molecule has 0 saturated heterocycles. The third-order valence-electron chi connectivity index (χ3n) is 2.32. The lowest BCUT2D eigenvalue weighted by Crippen LogP contribution is -2.37. The molecule has 0 bridgehead atoms. The molecule has 1 unspecified atom stereocenters. The molecule has 5 heteroatoms. The maximum Gasteiger partial charge on any atom is 0.323 e. The number of rotatable bonds is 7. The highest BCUT2D eigenvalue weighted by atomic mass is 16.5. The lowest BCUT2D eigenvalue weighted by Gasteiger charge is -2.16. The van der Waals surface area contributed by atoms with Crippen LogP contribution in [-0.4, -0.2) is 28.6 Å². The monoisotopic (exact) mass is 237 g/mol. The van der Waals surface area contributed by atoms with Crippen molar-refractivity contribution in [2.75, 3.05) is 6.61 Å². The highest BCUT2D eigenvalue weighted by Crippen LogP contribution is 2.01. The second-order valence-electron chi connectivity index (χ2n) is 3.67. The van der Waals surface area contributed by atoms with Crippen molar-refractivity contribution >= 4 is 5.97 Å². The van der Waals surface area contributed by atoms with E-state index in [-0.39, 0.29) is 12.0 Å². The van der Waals surface area contributed by atoms with E-state index in [1.165, 1.54) is 6.33 Å². The van der Waals surface area contributed by atoms with Gasteiger partial charge in [0.25, 0.3) is 0 Å². The number of esters is 1. The second kappa shape index (κ2) is 7.73. The van der Waals surface area contributed by atoms with E-state index in [9.17, 15) is 4.79 Å². The van der Waals surface area contributed by atoms with Crippen molar-refractivity contribution in [2.45, 2.75) is 39.3 Å². The Kier molecular flexibility index (Phi) is 6.17. The summed E-state index contributed by atoms with van der Waals surface area (Å²) >= 11 is 0. The van der Waals surface area contributed by atoms with Gasteiger partial charge in [0, 0.05) is 12.7 Å². The summed E-state index contributed by atoms with van der Waals surface area (Å²) in [5, 5.41) is 3.16. The van der Waals surface area contributed by atoms with Crippen LogP contribution in [0.15, 0.2) is 18.6 Å². The fourth-order valence-corrected chi connectivity index (χ4v) is 1.49. The van der Waals surface area contributed by atoms with Crippen LogP contribution >= 0.6 is 0 Å². The SMILES string of the molecule is CCCC(NCc1ccncn1)C(=O)OCC. The predicted octanol–water partition coefficient (Wildman–Crippen LogP) is 1.30. The van der Waals surface area contributed by atoms with E-state index in [1.807, 2.05) is 19.9 Å². The second-order valence-corrected chi connectivity index (χ2v) is 3.67. The lowest BCUT2D eigenvalue weighted by molar-refractivity contribution is -0.145. The molecular weight excluding hydrogens is 218 g/mol. The van der Waals surface area contributed by atoms with Crippen LogP contribution in [0.1, 0.15) is 32.4 Å². The zero-order valence-corrected chi connectivity index (χ0v) is 10.3. The standard InChI is InChI=1S/C12H19N3O2/c1-3-5-11(12(16)17-4-2)14-8-10-6-7-13-9-15-10/h6-7,9,11,14H,3-5,8H2,1-2H3. The smallest absolute Gasteiger partial charge is 0.323 e. The Morgan fingerprint density at radius 2 is 2.35 bits per heavy atom. The molecule has 0 fully saturated rings. The Morgan fingerprint density at radius 1 is 1.53 bits per heavy atom. The van der Waals surface area contributed by atoms with Gasteiger partial charge < -0.3 is 4.74 Å². The molecule has 0 saturated carbocycles. The van der Waals surface area contributed by atoms with Gasteiger partial charge in [-0.2, -0.15) is 0 Å². The molecule has 0 aliphatic rings. The number of nitrogens with zero attached hydrogens (tertiary/aromatic N) is 2. The number of hydrogen-bond donors (Lipinski definition) is 1. The average molecular weight is 237 g/mol. The van der Waals surface area contributed by atoms with Gasteiger partial charge in [-0.15, -0.1) is 0 Å². The first kappa shape index (κ1) is 13.6. The van der Waals surface area contributed by atoms with E-state index in [2.05, 4.69) is 15.3 Å².